The van der Waals surface area contributed by atoms with Crippen LogP contribution < -0.4 is 20.7 Å². The second-order valence-corrected chi connectivity index (χ2v) is 22.2. The highest BCUT2D eigenvalue weighted by atomic mass is 28.4. The van der Waals surface area contributed by atoms with Crippen molar-refractivity contribution in [2.75, 3.05) is 13.7 Å². The maximum absolute atomic E-state index is 16.4. The van der Waals surface area contributed by atoms with Gasteiger partial charge in [-0.05, 0) is 30.8 Å². The fourth-order valence-electron chi connectivity index (χ4n) is 6.52. The molecule has 0 amide bonds. The van der Waals surface area contributed by atoms with Gasteiger partial charge in [0, 0.05) is 0 Å². The minimum absolute atomic E-state index is 0.141. The number of aliphatic hydroxyl groups is 1. The van der Waals surface area contributed by atoms with Crippen LogP contribution in [-0.4, -0.2) is 60.1 Å². The first-order chi connectivity index (χ1) is 21.9. The van der Waals surface area contributed by atoms with E-state index in [2.05, 4.69) is 71.0 Å². The van der Waals surface area contributed by atoms with E-state index in [-0.39, 0.29) is 11.6 Å². The number of oxime groups is 1. The largest absolute Gasteiger partial charge is 0.405 e. The highest BCUT2D eigenvalue weighted by Gasteiger charge is 2.54. The zero-order valence-corrected chi connectivity index (χ0v) is 30.1. The molecule has 1 N–H and O–H groups in total. The molecule has 0 radical (unpaired) electrons. The summed E-state index contributed by atoms with van der Waals surface area (Å²) in [6.45, 7) is 12.7. The monoisotopic (exact) mass is 657 g/mol. The van der Waals surface area contributed by atoms with Crippen molar-refractivity contribution in [1.29, 1.82) is 0 Å². The average Bonchev–Trinajstić information content (AvgIpc) is 3.05. The maximum atomic E-state index is 16.4. The van der Waals surface area contributed by atoms with Crippen LogP contribution in [0.3, 0.4) is 0 Å². The molecule has 0 aliphatic heterocycles. The molecule has 0 saturated carbocycles. The molecule has 0 aliphatic rings. The summed E-state index contributed by atoms with van der Waals surface area (Å²) < 4.78 is 30.6. The Bertz CT molecular complexity index is 1430. The molecule has 5 nitrogen and oxygen atoms in total. The quantitative estimate of drug-likeness (QED) is 0.112. The summed E-state index contributed by atoms with van der Waals surface area (Å²) in [7, 11) is -4.92. The molecular formula is C38H48FNO4Si2. The van der Waals surface area contributed by atoms with Crippen LogP contribution in [0, 0.1) is 0 Å². The van der Waals surface area contributed by atoms with Crippen LogP contribution in [-0.2, 0) is 13.7 Å². The molecule has 8 heteroatoms. The van der Waals surface area contributed by atoms with Gasteiger partial charge in [-0.25, -0.2) is 4.39 Å². The standard InChI is InChI=1S/C38H48FNO4Si2/c1-37(2,3)45(30-20-12-8-13-21-30,31-22-14-9-15-23-31)43-29-35(41)36(34(39)28-40-42-7)44-46(38(4,5)6,32-24-16-10-17-25-32)33-26-18-11-19-27-33/h8-28,34-36,41H,29H2,1-7H3/t34-,35+,36-/m0/s1. The summed E-state index contributed by atoms with van der Waals surface area (Å²) in [4.78, 5) is 4.86. The Hall–Kier alpha value is -3.41. The van der Waals surface area contributed by atoms with E-state index in [0.717, 1.165) is 27.0 Å². The second kappa shape index (κ2) is 15.0. The van der Waals surface area contributed by atoms with E-state index < -0.39 is 40.1 Å². The first-order valence-corrected chi connectivity index (χ1v) is 19.6. The van der Waals surface area contributed by atoms with Gasteiger partial charge in [0.15, 0.2) is 6.17 Å². The number of benzene rings is 4. The number of hydrogen-bond donors (Lipinski definition) is 1. The third-order valence-corrected chi connectivity index (χ3v) is 18.7. The van der Waals surface area contributed by atoms with Gasteiger partial charge in [-0.3, -0.25) is 0 Å². The number of alkyl halides is 1. The van der Waals surface area contributed by atoms with Crippen LogP contribution in [0.4, 0.5) is 4.39 Å². The van der Waals surface area contributed by atoms with Crippen molar-refractivity contribution in [3.05, 3.63) is 121 Å². The van der Waals surface area contributed by atoms with Gasteiger partial charge >= 0.3 is 0 Å². The van der Waals surface area contributed by atoms with Crippen molar-refractivity contribution < 1.29 is 23.2 Å². The molecule has 4 aromatic rings. The van der Waals surface area contributed by atoms with Crippen molar-refractivity contribution in [1.82, 2.24) is 0 Å². The van der Waals surface area contributed by atoms with Crippen molar-refractivity contribution >= 4 is 43.6 Å². The summed E-state index contributed by atoms with van der Waals surface area (Å²) in [5.74, 6) is 0. The van der Waals surface area contributed by atoms with Crippen LogP contribution in [0.2, 0.25) is 10.1 Å². The van der Waals surface area contributed by atoms with E-state index in [1.807, 2.05) is 97.1 Å². The van der Waals surface area contributed by atoms with Gasteiger partial charge < -0.3 is 18.8 Å². The summed E-state index contributed by atoms with van der Waals surface area (Å²) in [6.07, 6.45) is -3.35. The Morgan fingerprint density at radius 2 is 1.00 bits per heavy atom. The Labute approximate surface area is 276 Å². The molecule has 4 aromatic carbocycles. The molecule has 0 unspecified atom stereocenters. The average molecular weight is 658 g/mol. The Balaban J connectivity index is 1.85. The van der Waals surface area contributed by atoms with Gasteiger partial charge in [0.05, 0.1) is 12.8 Å². The van der Waals surface area contributed by atoms with Gasteiger partial charge in [-0.15, -0.1) is 0 Å². The highest BCUT2D eigenvalue weighted by molar-refractivity contribution is 7.00. The van der Waals surface area contributed by atoms with Crippen molar-refractivity contribution in [2.24, 2.45) is 5.16 Å². The number of rotatable bonds is 13. The fourth-order valence-corrected chi connectivity index (χ4v) is 15.8. The van der Waals surface area contributed by atoms with Crippen molar-refractivity contribution in [3.63, 3.8) is 0 Å². The highest BCUT2D eigenvalue weighted by Crippen LogP contribution is 2.40. The summed E-state index contributed by atoms with van der Waals surface area (Å²) in [5, 5.41) is 19.2. The van der Waals surface area contributed by atoms with Crippen LogP contribution in [0.15, 0.2) is 126 Å². The van der Waals surface area contributed by atoms with E-state index >= 15 is 4.39 Å². The molecule has 0 heterocycles. The predicted molar refractivity (Wildman–Crippen MR) is 192 cm³/mol. The van der Waals surface area contributed by atoms with Crippen LogP contribution in [0.1, 0.15) is 41.5 Å². The summed E-state index contributed by atoms with van der Waals surface area (Å²) >= 11 is 0. The SMILES string of the molecule is CON=C[C@H](F)[C@H](O[Si](c1ccccc1)(c1ccccc1)C(C)(C)C)[C@H](O)CO[Si](c1ccccc1)(c1ccccc1)C(C)(C)C. The molecule has 244 valence electrons. The molecule has 0 bridgehead atoms. The fraction of sp³-hybridized carbons (Fsp3) is 0.342. The predicted octanol–water partition coefficient (Wildman–Crippen LogP) is 5.84. The minimum Gasteiger partial charge on any atom is -0.405 e. The van der Waals surface area contributed by atoms with Gasteiger partial charge in [-0.1, -0.05) is 168 Å². The molecule has 3 atom stereocenters. The topological polar surface area (TPSA) is 60.3 Å². The molecule has 0 saturated heterocycles. The van der Waals surface area contributed by atoms with E-state index in [0.29, 0.717) is 0 Å². The smallest absolute Gasteiger partial charge is 0.261 e. The van der Waals surface area contributed by atoms with Crippen molar-refractivity contribution in [3.8, 4) is 0 Å². The zero-order valence-electron chi connectivity index (χ0n) is 28.1. The van der Waals surface area contributed by atoms with Crippen molar-refractivity contribution in [2.45, 2.75) is 70.0 Å². The molecule has 0 fully saturated rings. The third kappa shape index (κ3) is 7.26. The number of aliphatic hydroxyl groups excluding tert-OH is 1. The first kappa shape index (κ1) is 35.4. The lowest BCUT2D eigenvalue weighted by molar-refractivity contribution is -0.0236. The van der Waals surface area contributed by atoms with E-state index in [1.165, 1.54) is 7.11 Å². The molecule has 0 aromatic heterocycles. The van der Waals surface area contributed by atoms with E-state index in [9.17, 15) is 5.11 Å². The third-order valence-electron chi connectivity index (χ3n) is 8.62. The molecule has 4 rings (SSSR count). The minimum atomic E-state index is -3.26. The molecule has 0 spiro atoms. The van der Waals surface area contributed by atoms with Gasteiger partial charge in [0.2, 0.25) is 0 Å². The Kier molecular flexibility index (Phi) is 11.6. The lowest BCUT2D eigenvalue weighted by Crippen LogP contribution is -2.70. The van der Waals surface area contributed by atoms with Gasteiger partial charge in [0.1, 0.15) is 19.3 Å². The van der Waals surface area contributed by atoms with Crippen LogP contribution >= 0.6 is 0 Å². The van der Waals surface area contributed by atoms with Crippen LogP contribution in [0.25, 0.3) is 0 Å². The zero-order chi connectivity index (χ0) is 33.4. The molecular weight excluding hydrogens is 610 g/mol. The molecule has 46 heavy (non-hydrogen) atoms. The van der Waals surface area contributed by atoms with Crippen LogP contribution in [0.5, 0.6) is 0 Å². The number of halogens is 1. The van der Waals surface area contributed by atoms with E-state index in [4.69, 9.17) is 13.7 Å². The van der Waals surface area contributed by atoms with E-state index in [1.54, 1.807) is 0 Å². The summed E-state index contributed by atoms with van der Waals surface area (Å²) in [5.41, 5.74) is 0. The number of nitrogens with zero attached hydrogens (tertiary/aromatic N) is 1. The lowest BCUT2D eigenvalue weighted by Gasteiger charge is -2.47. The van der Waals surface area contributed by atoms with Gasteiger partial charge in [-0.2, -0.15) is 0 Å². The Morgan fingerprint density at radius 1 is 0.652 bits per heavy atom. The lowest BCUT2D eigenvalue weighted by atomic mass is 10.1. The second-order valence-electron chi connectivity index (χ2n) is 13.7. The Morgan fingerprint density at radius 3 is 1.33 bits per heavy atom. The molecule has 0 aliphatic carbocycles. The normalized spacial score (nSPS) is 15.0. The maximum Gasteiger partial charge on any atom is 0.261 e. The number of hydrogen-bond acceptors (Lipinski definition) is 5. The first-order valence-electron chi connectivity index (χ1n) is 15.8. The summed E-state index contributed by atoms with van der Waals surface area (Å²) in [6, 6.07) is 40.4. The van der Waals surface area contributed by atoms with Gasteiger partial charge in [0.25, 0.3) is 16.6 Å².